The maximum Gasteiger partial charge on any atom is 0.248 e. The van der Waals surface area contributed by atoms with E-state index in [0.29, 0.717) is 5.69 Å². The Labute approximate surface area is 81.2 Å². The van der Waals surface area contributed by atoms with Crippen LogP contribution in [0, 0.1) is 0 Å². The summed E-state index contributed by atoms with van der Waals surface area (Å²) in [5.41, 5.74) is 7.94. The van der Waals surface area contributed by atoms with Gasteiger partial charge < -0.3 is 10.7 Å². The highest BCUT2D eigenvalue weighted by Gasteiger charge is 1.96. The lowest BCUT2D eigenvalue weighted by Gasteiger charge is -2.00. The summed E-state index contributed by atoms with van der Waals surface area (Å²) in [6.07, 6.45) is 0. The van der Waals surface area contributed by atoms with Crippen molar-refractivity contribution in [2.75, 3.05) is 5.73 Å². The number of aromatic nitrogens is 1. The van der Waals surface area contributed by atoms with Gasteiger partial charge in [-0.05, 0) is 23.8 Å². The number of rotatable bonds is 1. The molecule has 0 aliphatic rings. The molecule has 0 unspecified atom stereocenters. The fourth-order valence-corrected chi connectivity index (χ4v) is 1.28. The zero-order valence-electron chi connectivity index (χ0n) is 7.53. The second kappa shape index (κ2) is 3.38. The first-order valence-corrected chi connectivity index (χ1v) is 4.31. The number of hydrogen-bond donors (Lipinski definition) is 2. The standard InChI is InChI=1S/C11H10N2O/c12-9-6-4-8(5-7-9)10-2-1-3-11(14)13-10/h1-7H,12H2,(H,13,14). The molecule has 2 aromatic rings. The minimum absolute atomic E-state index is 0.0978. The van der Waals surface area contributed by atoms with Crippen LogP contribution in [-0.4, -0.2) is 4.98 Å². The average Bonchev–Trinajstić information content (AvgIpc) is 2.19. The number of nitrogens with two attached hydrogens (primary N) is 1. The van der Waals surface area contributed by atoms with Crippen LogP contribution in [-0.2, 0) is 0 Å². The third kappa shape index (κ3) is 1.66. The Morgan fingerprint density at radius 1 is 1.00 bits per heavy atom. The molecule has 0 bridgehead atoms. The Balaban J connectivity index is 2.50. The fraction of sp³-hybridized carbons (Fsp3) is 0. The topological polar surface area (TPSA) is 58.9 Å². The highest BCUT2D eigenvalue weighted by molar-refractivity contribution is 5.61. The summed E-state index contributed by atoms with van der Waals surface area (Å²) in [7, 11) is 0. The molecular weight excluding hydrogens is 176 g/mol. The highest BCUT2D eigenvalue weighted by Crippen LogP contribution is 2.16. The molecule has 0 radical (unpaired) electrons. The molecule has 0 spiro atoms. The third-order valence-corrected chi connectivity index (χ3v) is 1.99. The predicted molar refractivity (Wildman–Crippen MR) is 56.9 cm³/mol. The van der Waals surface area contributed by atoms with Crippen LogP contribution in [0.5, 0.6) is 0 Å². The first kappa shape index (κ1) is 8.56. The van der Waals surface area contributed by atoms with E-state index < -0.39 is 0 Å². The lowest BCUT2D eigenvalue weighted by Crippen LogP contribution is -2.03. The summed E-state index contributed by atoms with van der Waals surface area (Å²) in [5.74, 6) is 0. The molecule has 70 valence electrons. The Morgan fingerprint density at radius 3 is 2.36 bits per heavy atom. The van der Waals surface area contributed by atoms with Crippen LogP contribution in [0.25, 0.3) is 11.3 Å². The van der Waals surface area contributed by atoms with E-state index in [1.165, 1.54) is 6.07 Å². The molecule has 0 aliphatic heterocycles. The number of nitrogens with one attached hydrogen (secondary N) is 1. The van der Waals surface area contributed by atoms with E-state index >= 15 is 0 Å². The van der Waals surface area contributed by atoms with Crippen LogP contribution >= 0.6 is 0 Å². The molecule has 14 heavy (non-hydrogen) atoms. The number of anilines is 1. The van der Waals surface area contributed by atoms with Crippen molar-refractivity contribution in [1.29, 1.82) is 0 Å². The molecule has 2 rings (SSSR count). The van der Waals surface area contributed by atoms with Crippen LogP contribution in [0.1, 0.15) is 0 Å². The zero-order valence-corrected chi connectivity index (χ0v) is 7.53. The van der Waals surface area contributed by atoms with Gasteiger partial charge in [-0.25, -0.2) is 0 Å². The van der Waals surface area contributed by atoms with E-state index in [0.717, 1.165) is 11.3 Å². The Bertz CT molecular complexity index is 485. The molecule has 3 nitrogen and oxygen atoms in total. The number of H-pyrrole nitrogens is 1. The molecular formula is C11H10N2O. The van der Waals surface area contributed by atoms with Crippen LogP contribution in [0.2, 0.25) is 0 Å². The largest absolute Gasteiger partial charge is 0.399 e. The smallest absolute Gasteiger partial charge is 0.248 e. The Hall–Kier alpha value is -2.03. The van der Waals surface area contributed by atoms with Gasteiger partial charge in [-0.3, -0.25) is 4.79 Å². The molecule has 0 aliphatic carbocycles. The lowest BCUT2D eigenvalue weighted by atomic mass is 10.1. The summed E-state index contributed by atoms with van der Waals surface area (Å²) in [5, 5.41) is 0. The second-order valence-corrected chi connectivity index (χ2v) is 3.05. The highest BCUT2D eigenvalue weighted by atomic mass is 16.1. The van der Waals surface area contributed by atoms with E-state index in [9.17, 15) is 4.79 Å². The molecule has 0 amide bonds. The molecule has 0 saturated carbocycles. The van der Waals surface area contributed by atoms with Crippen molar-refractivity contribution < 1.29 is 0 Å². The van der Waals surface area contributed by atoms with E-state index in [4.69, 9.17) is 5.73 Å². The molecule has 1 heterocycles. The van der Waals surface area contributed by atoms with Crippen molar-refractivity contribution >= 4 is 5.69 Å². The van der Waals surface area contributed by atoms with Crippen molar-refractivity contribution in [3.63, 3.8) is 0 Å². The Morgan fingerprint density at radius 2 is 1.71 bits per heavy atom. The third-order valence-electron chi connectivity index (χ3n) is 1.99. The van der Waals surface area contributed by atoms with Crippen molar-refractivity contribution in [3.05, 3.63) is 52.8 Å². The summed E-state index contributed by atoms with van der Waals surface area (Å²) in [4.78, 5) is 13.8. The van der Waals surface area contributed by atoms with Gasteiger partial charge in [-0.2, -0.15) is 0 Å². The van der Waals surface area contributed by atoms with Gasteiger partial charge in [0.2, 0.25) is 5.56 Å². The van der Waals surface area contributed by atoms with Gasteiger partial charge in [0, 0.05) is 17.4 Å². The monoisotopic (exact) mass is 186 g/mol. The maximum absolute atomic E-state index is 11.1. The second-order valence-electron chi connectivity index (χ2n) is 3.05. The number of nitrogen functional groups attached to an aromatic ring is 1. The number of benzene rings is 1. The molecule has 3 heteroatoms. The average molecular weight is 186 g/mol. The summed E-state index contributed by atoms with van der Waals surface area (Å²) in [6.45, 7) is 0. The van der Waals surface area contributed by atoms with Crippen molar-refractivity contribution in [3.8, 4) is 11.3 Å². The molecule has 0 fully saturated rings. The van der Waals surface area contributed by atoms with E-state index in [2.05, 4.69) is 4.98 Å². The van der Waals surface area contributed by atoms with E-state index in [-0.39, 0.29) is 5.56 Å². The SMILES string of the molecule is Nc1ccc(-c2cccc(=O)[nH]2)cc1. The summed E-state index contributed by atoms with van der Waals surface area (Å²) < 4.78 is 0. The normalized spacial score (nSPS) is 10.0. The predicted octanol–water partition coefficient (Wildman–Crippen LogP) is 1.62. The van der Waals surface area contributed by atoms with Crippen LogP contribution in [0.3, 0.4) is 0 Å². The van der Waals surface area contributed by atoms with Gasteiger partial charge in [-0.15, -0.1) is 0 Å². The van der Waals surface area contributed by atoms with E-state index in [1.807, 2.05) is 18.2 Å². The van der Waals surface area contributed by atoms with Gasteiger partial charge in [-0.1, -0.05) is 18.2 Å². The maximum atomic E-state index is 11.1. The number of aromatic amines is 1. The number of pyridine rings is 1. The molecule has 0 atom stereocenters. The minimum Gasteiger partial charge on any atom is -0.399 e. The van der Waals surface area contributed by atoms with Crippen molar-refractivity contribution in [2.24, 2.45) is 0 Å². The minimum atomic E-state index is -0.0978. The zero-order chi connectivity index (χ0) is 9.97. The summed E-state index contributed by atoms with van der Waals surface area (Å²) in [6, 6.07) is 12.4. The molecule has 3 N–H and O–H groups in total. The van der Waals surface area contributed by atoms with Gasteiger partial charge in [0.15, 0.2) is 0 Å². The van der Waals surface area contributed by atoms with Gasteiger partial charge in [0.05, 0.1) is 0 Å². The van der Waals surface area contributed by atoms with Gasteiger partial charge in [0.1, 0.15) is 0 Å². The summed E-state index contributed by atoms with van der Waals surface area (Å²) >= 11 is 0. The molecule has 0 saturated heterocycles. The molecule has 1 aromatic heterocycles. The first-order valence-electron chi connectivity index (χ1n) is 4.31. The molecule has 1 aromatic carbocycles. The quantitative estimate of drug-likeness (QED) is 0.665. The van der Waals surface area contributed by atoms with E-state index in [1.54, 1.807) is 18.2 Å². The van der Waals surface area contributed by atoms with Crippen molar-refractivity contribution in [1.82, 2.24) is 4.98 Å². The fourth-order valence-electron chi connectivity index (χ4n) is 1.28. The van der Waals surface area contributed by atoms with Crippen LogP contribution < -0.4 is 11.3 Å². The van der Waals surface area contributed by atoms with Gasteiger partial charge >= 0.3 is 0 Å². The van der Waals surface area contributed by atoms with Crippen LogP contribution in [0.15, 0.2) is 47.3 Å². The lowest BCUT2D eigenvalue weighted by molar-refractivity contribution is 1.24. The van der Waals surface area contributed by atoms with Crippen LogP contribution in [0.4, 0.5) is 5.69 Å². The first-order chi connectivity index (χ1) is 6.75. The number of hydrogen-bond acceptors (Lipinski definition) is 2. The van der Waals surface area contributed by atoms with Gasteiger partial charge in [0.25, 0.3) is 0 Å². The Kier molecular flexibility index (Phi) is 2.07. The van der Waals surface area contributed by atoms with Crippen molar-refractivity contribution in [2.45, 2.75) is 0 Å².